The van der Waals surface area contributed by atoms with Crippen LogP contribution in [0.2, 0.25) is 0 Å². The Balaban J connectivity index is 1.38. The Morgan fingerprint density at radius 3 is 2.52 bits per heavy atom. The molecule has 5 heteroatoms. The topological polar surface area (TPSA) is 54.2 Å². The molecule has 0 bridgehead atoms. The molecule has 1 aromatic carbocycles. The summed E-state index contributed by atoms with van der Waals surface area (Å²) in [5.41, 5.74) is 3.73. The minimum absolute atomic E-state index is 0.000268. The Bertz CT molecular complexity index is 807. The van der Waals surface area contributed by atoms with Gasteiger partial charge in [0.2, 0.25) is 0 Å². The molecule has 0 radical (unpaired) electrons. The maximum atomic E-state index is 11.1. The van der Waals surface area contributed by atoms with Crippen molar-refractivity contribution in [2.75, 3.05) is 13.1 Å². The van der Waals surface area contributed by atoms with Crippen molar-refractivity contribution in [3.8, 4) is 0 Å². The molecule has 2 aromatic rings. The van der Waals surface area contributed by atoms with E-state index < -0.39 is 6.10 Å². The fourth-order valence-electron chi connectivity index (χ4n) is 5.34. The van der Waals surface area contributed by atoms with Crippen LogP contribution in [0.15, 0.2) is 30.5 Å². The van der Waals surface area contributed by atoms with Crippen molar-refractivity contribution < 1.29 is 5.11 Å². The van der Waals surface area contributed by atoms with Crippen LogP contribution < -0.4 is 0 Å². The van der Waals surface area contributed by atoms with Crippen LogP contribution in [0.25, 0.3) is 0 Å². The van der Waals surface area contributed by atoms with Gasteiger partial charge >= 0.3 is 0 Å². The molecule has 29 heavy (non-hydrogen) atoms. The molecule has 5 nitrogen and oxygen atoms in total. The molecule has 3 fully saturated rings. The third-order valence-corrected chi connectivity index (χ3v) is 7.31. The summed E-state index contributed by atoms with van der Waals surface area (Å²) in [5.74, 6) is 1.38. The first-order valence-corrected chi connectivity index (χ1v) is 11.6. The summed E-state index contributed by atoms with van der Waals surface area (Å²) in [6.45, 7) is 4.12. The van der Waals surface area contributed by atoms with Crippen LogP contribution in [0, 0.1) is 12.8 Å². The molecular formula is C24H34N4O. The van der Waals surface area contributed by atoms with Crippen LogP contribution in [-0.2, 0) is 0 Å². The normalized spacial score (nSPS) is 29.2. The molecule has 3 aliphatic rings. The van der Waals surface area contributed by atoms with Crippen molar-refractivity contribution >= 4 is 0 Å². The molecule has 1 aromatic heterocycles. The second-order valence-electron chi connectivity index (χ2n) is 9.65. The number of rotatable bonds is 5. The monoisotopic (exact) mass is 394 g/mol. The van der Waals surface area contributed by atoms with Gasteiger partial charge in [-0.3, -0.25) is 4.90 Å². The highest BCUT2D eigenvalue weighted by Gasteiger charge is 2.38. The number of likely N-dealkylation sites (tertiary alicyclic amines) is 1. The SMILES string of the molecule is Cc1ccc([C@H]2C[C@@H](O)[C@H](n3cc(C4CC4)nn3)CN2CC2CCCCC2)cc1. The molecule has 0 spiro atoms. The number of hydrogen-bond donors (Lipinski definition) is 1. The Morgan fingerprint density at radius 2 is 1.79 bits per heavy atom. The zero-order valence-electron chi connectivity index (χ0n) is 17.6. The van der Waals surface area contributed by atoms with E-state index in [1.807, 2.05) is 4.68 Å². The van der Waals surface area contributed by atoms with Crippen LogP contribution >= 0.6 is 0 Å². The second kappa shape index (κ2) is 8.19. The van der Waals surface area contributed by atoms with Gasteiger partial charge in [-0.15, -0.1) is 5.10 Å². The maximum Gasteiger partial charge on any atom is 0.0923 e. The first kappa shape index (κ1) is 19.3. The highest BCUT2D eigenvalue weighted by Crippen LogP contribution is 2.40. The molecule has 1 saturated heterocycles. The first-order valence-electron chi connectivity index (χ1n) is 11.6. The third kappa shape index (κ3) is 4.26. The molecule has 1 N–H and O–H groups in total. The minimum Gasteiger partial charge on any atom is -0.391 e. The summed E-state index contributed by atoms with van der Waals surface area (Å²) < 4.78 is 1.96. The van der Waals surface area contributed by atoms with E-state index in [0.717, 1.165) is 31.1 Å². The van der Waals surface area contributed by atoms with Crippen LogP contribution in [-0.4, -0.2) is 44.2 Å². The smallest absolute Gasteiger partial charge is 0.0923 e. The summed E-state index contributed by atoms with van der Waals surface area (Å²) >= 11 is 0. The summed E-state index contributed by atoms with van der Waals surface area (Å²) in [5, 5.41) is 19.9. The molecule has 156 valence electrons. The van der Waals surface area contributed by atoms with Crippen molar-refractivity contribution in [3.63, 3.8) is 0 Å². The number of aryl methyl sites for hydroxylation is 1. The molecular weight excluding hydrogens is 360 g/mol. The maximum absolute atomic E-state index is 11.1. The summed E-state index contributed by atoms with van der Waals surface area (Å²) in [4.78, 5) is 2.64. The Labute approximate surface area is 174 Å². The summed E-state index contributed by atoms with van der Waals surface area (Å²) in [6, 6.07) is 9.19. The van der Waals surface area contributed by atoms with Crippen LogP contribution in [0.4, 0.5) is 0 Å². The van der Waals surface area contributed by atoms with Gasteiger partial charge in [-0.25, -0.2) is 4.68 Å². The quantitative estimate of drug-likeness (QED) is 0.817. The number of aliphatic hydroxyl groups excluding tert-OH is 1. The van der Waals surface area contributed by atoms with Crippen LogP contribution in [0.1, 0.15) is 86.2 Å². The Kier molecular flexibility index (Phi) is 5.44. The van der Waals surface area contributed by atoms with Gasteiger partial charge in [-0.2, -0.15) is 0 Å². The van der Waals surface area contributed by atoms with Crippen LogP contribution in [0.5, 0.6) is 0 Å². The lowest BCUT2D eigenvalue weighted by Crippen LogP contribution is -2.47. The number of nitrogens with zero attached hydrogens (tertiary/aromatic N) is 4. The van der Waals surface area contributed by atoms with Crippen molar-refractivity contribution in [1.29, 1.82) is 0 Å². The van der Waals surface area contributed by atoms with Gasteiger partial charge in [-0.05, 0) is 50.5 Å². The molecule has 0 unspecified atom stereocenters. The number of piperidine rings is 1. The number of hydrogen-bond acceptors (Lipinski definition) is 4. The van der Waals surface area contributed by atoms with E-state index >= 15 is 0 Å². The zero-order valence-corrected chi connectivity index (χ0v) is 17.6. The lowest BCUT2D eigenvalue weighted by atomic mass is 9.85. The average molecular weight is 395 g/mol. The molecule has 0 amide bonds. The van der Waals surface area contributed by atoms with E-state index in [0.29, 0.717) is 5.92 Å². The van der Waals surface area contributed by atoms with E-state index in [1.54, 1.807) is 0 Å². The number of benzene rings is 1. The van der Waals surface area contributed by atoms with Gasteiger partial charge < -0.3 is 5.11 Å². The van der Waals surface area contributed by atoms with E-state index in [4.69, 9.17) is 0 Å². The predicted octanol–water partition coefficient (Wildman–Crippen LogP) is 4.39. The molecule has 2 heterocycles. The molecule has 2 saturated carbocycles. The van der Waals surface area contributed by atoms with Crippen molar-refractivity contribution in [3.05, 3.63) is 47.3 Å². The number of aromatic nitrogens is 3. The van der Waals surface area contributed by atoms with Gasteiger partial charge in [-0.1, -0.05) is 54.3 Å². The highest BCUT2D eigenvalue weighted by molar-refractivity contribution is 5.25. The van der Waals surface area contributed by atoms with Crippen molar-refractivity contribution in [1.82, 2.24) is 19.9 Å². The van der Waals surface area contributed by atoms with E-state index in [-0.39, 0.29) is 12.1 Å². The predicted molar refractivity (Wildman–Crippen MR) is 114 cm³/mol. The largest absolute Gasteiger partial charge is 0.391 e. The van der Waals surface area contributed by atoms with Gasteiger partial charge in [0.1, 0.15) is 0 Å². The molecule has 5 rings (SSSR count). The zero-order chi connectivity index (χ0) is 19.8. The highest BCUT2D eigenvalue weighted by atomic mass is 16.3. The van der Waals surface area contributed by atoms with Gasteiger partial charge in [0, 0.05) is 31.2 Å². The fraction of sp³-hybridized carbons (Fsp3) is 0.667. The molecule has 3 atom stereocenters. The third-order valence-electron chi connectivity index (χ3n) is 7.31. The number of aliphatic hydroxyl groups is 1. The van der Waals surface area contributed by atoms with Gasteiger partial charge in [0.05, 0.1) is 17.8 Å². The lowest BCUT2D eigenvalue weighted by molar-refractivity contribution is -0.0154. The van der Waals surface area contributed by atoms with Gasteiger partial charge in [0.15, 0.2) is 0 Å². The van der Waals surface area contributed by atoms with Gasteiger partial charge in [0.25, 0.3) is 0 Å². The summed E-state index contributed by atoms with van der Waals surface area (Å²) in [6.07, 6.45) is 11.8. The first-order chi connectivity index (χ1) is 14.2. The molecule has 1 aliphatic heterocycles. The molecule has 2 aliphatic carbocycles. The standard InChI is InChI=1S/C24H34N4O/c1-17-7-9-20(10-8-17)22-13-24(29)23(28-15-21(25-26-28)19-11-12-19)16-27(22)14-18-5-3-2-4-6-18/h7-10,15,18-19,22-24,29H,2-6,11-14,16H2,1H3/t22-,23-,24-/m1/s1. The Morgan fingerprint density at radius 1 is 1.03 bits per heavy atom. The van der Waals surface area contributed by atoms with Crippen LogP contribution in [0.3, 0.4) is 0 Å². The van der Waals surface area contributed by atoms with E-state index in [1.165, 1.54) is 56.1 Å². The van der Waals surface area contributed by atoms with E-state index in [9.17, 15) is 5.11 Å². The minimum atomic E-state index is -0.391. The fourth-order valence-corrected chi connectivity index (χ4v) is 5.34. The lowest BCUT2D eigenvalue weighted by Gasteiger charge is -2.44. The second-order valence-corrected chi connectivity index (χ2v) is 9.65. The van der Waals surface area contributed by atoms with Crippen molar-refractivity contribution in [2.45, 2.75) is 82.4 Å². The average Bonchev–Trinajstić information content (AvgIpc) is 3.48. The van der Waals surface area contributed by atoms with Crippen molar-refractivity contribution in [2.24, 2.45) is 5.92 Å². The Hall–Kier alpha value is -1.72. The van der Waals surface area contributed by atoms with E-state index in [2.05, 4.69) is 52.6 Å². The summed E-state index contributed by atoms with van der Waals surface area (Å²) in [7, 11) is 0.